The summed E-state index contributed by atoms with van der Waals surface area (Å²) in [7, 11) is 1.56. The number of hydrogen-bond acceptors (Lipinski definition) is 7. The summed E-state index contributed by atoms with van der Waals surface area (Å²) in [5, 5.41) is 0.897. The second kappa shape index (κ2) is 10.9. The van der Waals surface area contributed by atoms with Crippen LogP contribution in [0.3, 0.4) is 0 Å². The Morgan fingerprint density at radius 2 is 1.86 bits per heavy atom. The van der Waals surface area contributed by atoms with Crippen molar-refractivity contribution >= 4 is 38.2 Å². The first kappa shape index (κ1) is 29.0. The monoisotopic (exact) mass is 603 g/mol. The molecule has 0 bridgehead atoms. The zero-order valence-corrected chi connectivity index (χ0v) is 25.5. The number of anilines is 2. The number of benzene rings is 2. The first-order valence-electron chi connectivity index (χ1n) is 14.3. The fraction of sp³-hybridized carbons (Fsp3) is 0.344. The maximum Gasteiger partial charge on any atom is 0.262 e. The van der Waals surface area contributed by atoms with Gasteiger partial charge >= 0.3 is 0 Å². The number of nitrogens with zero attached hydrogens (tertiary/aromatic N) is 4. The van der Waals surface area contributed by atoms with Crippen LogP contribution in [-0.4, -0.2) is 63.5 Å². The largest absolute Gasteiger partial charge is 0.476 e. The number of likely N-dealkylation sites (N-methyl/N-ethyl adjacent to an activating group) is 1. The third kappa shape index (κ3) is 5.21. The van der Waals surface area contributed by atoms with Crippen LogP contribution in [0.15, 0.2) is 59.8 Å². The maximum absolute atomic E-state index is 14.1. The summed E-state index contributed by atoms with van der Waals surface area (Å²) in [4.78, 5) is 25.9. The Labute approximate surface area is 250 Å². The highest BCUT2D eigenvalue weighted by atomic mass is 32.2. The standard InChI is InChI=1S/C32H34FN5O4S/c1-20-13-23(33)17-24(14-20)43(40,41)36-27-16-22(18-35-30(27)42-12-6-11-37(2)3)21-7-8-26-25(15-21)29-28(19-34-26)38(4)31(39)32(29)9-5-10-32/h7-8,13-19,36H,5-6,9-12H2,1-4H3. The van der Waals surface area contributed by atoms with Gasteiger partial charge in [0, 0.05) is 36.3 Å². The topological polar surface area (TPSA) is 105 Å². The van der Waals surface area contributed by atoms with Crippen LogP contribution >= 0.6 is 0 Å². The molecule has 4 aromatic rings. The second-order valence-corrected chi connectivity index (χ2v) is 13.4. The zero-order chi connectivity index (χ0) is 30.5. The molecule has 2 aliphatic rings. The number of aromatic nitrogens is 2. The van der Waals surface area contributed by atoms with E-state index in [1.807, 2.05) is 37.2 Å². The van der Waals surface area contributed by atoms with Crippen molar-refractivity contribution < 1.29 is 22.3 Å². The van der Waals surface area contributed by atoms with Crippen LogP contribution in [-0.2, 0) is 20.2 Å². The summed E-state index contributed by atoms with van der Waals surface area (Å²) in [5.41, 5.74) is 4.16. The molecule has 0 saturated heterocycles. The number of pyridine rings is 2. The number of ether oxygens (including phenoxy) is 1. The van der Waals surface area contributed by atoms with Crippen LogP contribution in [0.2, 0.25) is 0 Å². The van der Waals surface area contributed by atoms with Crippen molar-refractivity contribution in [1.82, 2.24) is 14.9 Å². The van der Waals surface area contributed by atoms with Crippen LogP contribution in [0, 0.1) is 12.7 Å². The number of halogens is 1. The third-order valence-corrected chi connectivity index (χ3v) is 9.70. The van der Waals surface area contributed by atoms with Gasteiger partial charge in [-0.15, -0.1) is 0 Å². The molecule has 0 unspecified atom stereocenters. The second-order valence-electron chi connectivity index (χ2n) is 11.7. The molecule has 0 radical (unpaired) electrons. The predicted molar refractivity (Wildman–Crippen MR) is 165 cm³/mol. The van der Waals surface area contributed by atoms with Gasteiger partial charge in [-0.05, 0) is 87.8 Å². The van der Waals surface area contributed by atoms with E-state index in [0.29, 0.717) is 24.2 Å². The molecular weight excluding hydrogens is 569 g/mol. The molecule has 11 heteroatoms. The molecule has 1 spiro atoms. The number of carbonyl (C=O) groups is 1. The molecule has 9 nitrogen and oxygen atoms in total. The molecule has 1 fully saturated rings. The Morgan fingerprint density at radius 1 is 1.07 bits per heavy atom. The van der Waals surface area contributed by atoms with Gasteiger partial charge in [0.2, 0.25) is 11.8 Å². The van der Waals surface area contributed by atoms with E-state index in [-0.39, 0.29) is 22.4 Å². The Balaban J connectivity index is 1.41. The molecule has 2 aromatic heterocycles. The van der Waals surface area contributed by atoms with Crippen molar-refractivity contribution in [2.75, 3.05) is 43.9 Å². The number of nitrogens with one attached hydrogen (secondary N) is 1. The first-order chi connectivity index (χ1) is 20.5. The van der Waals surface area contributed by atoms with Crippen molar-refractivity contribution in [3.05, 3.63) is 71.8 Å². The summed E-state index contributed by atoms with van der Waals surface area (Å²) in [5.74, 6) is -0.406. The van der Waals surface area contributed by atoms with Gasteiger partial charge in [0.25, 0.3) is 10.0 Å². The van der Waals surface area contributed by atoms with Gasteiger partial charge < -0.3 is 14.5 Å². The lowest BCUT2D eigenvalue weighted by atomic mass is 9.64. The summed E-state index contributed by atoms with van der Waals surface area (Å²) < 4.78 is 49.4. The Bertz CT molecular complexity index is 1840. The van der Waals surface area contributed by atoms with Crippen molar-refractivity contribution in [3.8, 4) is 17.0 Å². The fourth-order valence-corrected chi connectivity index (χ4v) is 7.22. The van der Waals surface area contributed by atoms with E-state index < -0.39 is 21.3 Å². The summed E-state index contributed by atoms with van der Waals surface area (Å²) in [6.07, 6.45) is 6.73. The van der Waals surface area contributed by atoms with Gasteiger partial charge in [-0.2, -0.15) is 0 Å². The smallest absolute Gasteiger partial charge is 0.262 e. The lowest BCUT2D eigenvalue weighted by Gasteiger charge is -2.37. The molecule has 2 aromatic carbocycles. The zero-order valence-electron chi connectivity index (χ0n) is 24.6. The van der Waals surface area contributed by atoms with E-state index in [1.165, 1.54) is 12.1 Å². The van der Waals surface area contributed by atoms with Gasteiger partial charge in [0.05, 0.1) is 34.3 Å². The molecular formula is C32H34FN5O4S. The quantitative estimate of drug-likeness (QED) is 0.260. The van der Waals surface area contributed by atoms with Gasteiger partial charge in [0.1, 0.15) is 11.5 Å². The van der Waals surface area contributed by atoms with Crippen molar-refractivity contribution in [2.24, 2.45) is 0 Å². The average molecular weight is 604 g/mol. The molecule has 1 saturated carbocycles. The molecule has 224 valence electrons. The molecule has 1 aliphatic heterocycles. The summed E-state index contributed by atoms with van der Waals surface area (Å²) in [6, 6.07) is 11.1. The number of amides is 1. The van der Waals surface area contributed by atoms with E-state index in [1.54, 1.807) is 37.3 Å². The minimum atomic E-state index is -4.16. The molecule has 1 amide bonds. The SMILES string of the molecule is Cc1cc(F)cc(S(=O)(=O)Nc2cc(-c3ccc4ncc5c(c4c3)C3(CCC3)C(=O)N5C)cnc2OCCCN(C)C)c1. The van der Waals surface area contributed by atoms with Gasteiger partial charge in [-0.25, -0.2) is 17.8 Å². The Kier molecular flexibility index (Phi) is 7.34. The highest BCUT2D eigenvalue weighted by molar-refractivity contribution is 7.92. The molecule has 0 atom stereocenters. The van der Waals surface area contributed by atoms with Crippen LogP contribution in [0.25, 0.3) is 22.0 Å². The van der Waals surface area contributed by atoms with Crippen molar-refractivity contribution in [1.29, 1.82) is 0 Å². The van der Waals surface area contributed by atoms with Gasteiger partial charge in [-0.3, -0.25) is 14.5 Å². The van der Waals surface area contributed by atoms with Crippen LogP contribution in [0.5, 0.6) is 5.88 Å². The first-order valence-corrected chi connectivity index (χ1v) is 15.8. The Morgan fingerprint density at radius 3 is 2.56 bits per heavy atom. The van der Waals surface area contributed by atoms with Gasteiger partial charge in [-0.1, -0.05) is 12.5 Å². The van der Waals surface area contributed by atoms with E-state index in [4.69, 9.17) is 4.74 Å². The molecule has 3 heterocycles. The lowest BCUT2D eigenvalue weighted by Crippen LogP contribution is -2.43. The van der Waals surface area contributed by atoms with E-state index >= 15 is 0 Å². The van der Waals surface area contributed by atoms with E-state index in [2.05, 4.69) is 14.7 Å². The van der Waals surface area contributed by atoms with E-state index in [9.17, 15) is 17.6 Å². The maximum atomic E-state index is 14.1. The van der Waals surface area contributed by atoms with Crippen LogP contribution in [0.1, 0.15) is 36.8 Å². The van der Waals surface area contributed by atoms with Crippen molar-refractivity contribution in [2.45, 2.75) is 42.9 Å². The molecule has 1 aliphatic carbocycles. The third-order valence-electron chi connectivity index (χ3n) is 8.35. The van der Waals surface area contributed by atoms with Crippen LogP contribution < -0.4 is 14.4 Å². The number of sulfonamides is 1. The minimum Gasteiger partial charge on any atom is -0.476 e. The lowest BCUT2D eigenvalue weighted by molar-refractivity contribution is -0.125. The highest BCUT2D eigenvalue weighted by Gasteiger charge is 2.54. The minimum absolute atomic E-state index is 0.107. The molecule has 43 heavy (non-hydrogen) atoms. The normalized spacial score (nSPS) is 15.7. The number of hydrogen-bond donors (Lipinski definition) is 1. The van der Waals surface area contributed by atoms with E-state index in [0.717, 1.165) is 59.6 Å². The highest BCUT2D eigenvalue weighted by Crippen LogP contribution is 2.55. The van der Waals surface area contributed by atoms with Crippen LogP contribution in [0.4, 0.5) is 15.8 Å². The average Bonchev–Trinajstić information content (AvgIpc) is 3.17. The summed E-state index contributed by atoms with van der Waals surface area (Å²) >= 11 is 0. The number of carbonyl (C=O) groups excluding carboxylic acids is 1. The number of fused-ring (bicyclic) bond motifs is 4. The summed E-state index contributed by atoms with van der Waals surface area (Å²) in [6.45, 7) is 2.75. The molecule has 6 rings (SSSR count). The Hall–Kier alpha value is -4.09. The number of aryl methyl sites for hydroxylation is 1. The molecule has 1 N–H and O–H groups in total. The van der Waals surface area contributed by atoms with Crippen molar-refractivity contribution in [3.63, 3.8) is 0 Å². The fourth-order valence-electron chi connectivity index (χ4n) is 6.06. The predicted octanol–water partition coefficient (Wildman–Crippen LogP) is 5.27. The number of rotatable bonds is 9. The van der Waals surface area contributed by atoms with Gasteiger partial charge in [0.15, 0.2) is 0 Å².